The maximum atomic E-state index is 10.1. The molecule has 2 aliphatic rings. The van der Waals surface area contributed by atoms with Crippen LogP contribution in [0.3, 0.4) is 0 Å². The van der Waals surface area contributed by atoms with E-state index in [1.165, 1.54) is 6.42 Å². The molecule has 0 bridgehead atoms. The van der Waals surface area contributed by atoms with Gasteiger partial charge in [0, 0.05) is 12.6 Å². The predicted octanol–water partition coefficient (Wildman–Crippen LogP) is 6.17. The van der Waals surface area contributed by atoms with Crippen LogP contribution in [0, 0.1) is 5.92 Å². The van der Waals surface area contributed by atoms with Crippen molar-refractivity contribution in [3.63, 3.8) is 0 Å². The van der Waals surface area contributed by atoms with E-state index in [0.29, 0.717) is 12.6 Å². The Kier molecular flexibility index (Phi) is 6.61. The molecule has 2 aliphatic heterocycles. The van der Waals surface area contributed by atoms with E-state index in [1.807, 2.05) is 24.3 Å². The Bertz CT molecular complexity index is 1140. The zero-order chi connectivity index (χ0) is 23.7. The zero-order valence-corrected chi connectivity index (χ0v) is 20.4. The van der Waals surface area contributed by atoms with Crippen LogP contribution in [0.1, 0.15) is 42.7 Å². The number of rotatable bonds is 6. The lowest BCUT2D eigenvalue weighted by Gasteiger charge is -2.34. The van der Waals surface area contributed by atoms with Crippen LogP contribution in [-0.2, 0) is 0 Å². The van der Waals surface area contributed by atoms with Crippen LogP contribution in [0.15, 0.2) is 71.6 Å². The van der Waals surface area contributed by atoms with E-state index >= 15 is 0 Å². The molecule has 0 saturated carbocycles. The van der Waals surface area contributed by atoms with Crippen molar-refractivity contribution in [2.75, 3.05) is 19.7 Å². The van der Waals surface area contributed by atoms with Crippen molar-refractivity contribution < 1.29 is 19.7 Å². The fourth-order valence-electron chi connectivity index (χ4n) is 4.72. The van der Waals surface area contributed by atoms with E-state index in [0.717, 1.165) is 46.5 Å². The first kappa shape index (κ1) is 22.9. The number of aromatic hydroxyl groups is 2. The van der Waals surface area contributed by atoms with Crippen LogP contribution in [0.25, 0.3) is 0 Å². The molecular weight excluding hydrogens is 446 g/mol. The Balaban J connectivity index is 1.34. The molecular formula is C28H31NO4S. The van der Waals surface area contributed by atoms with Crippen LogP contribution in [0.2, 0.25) is 0 Å². The number of phenolic OH excluding ortho intramolecular Hbond substituents is 2. The van der Waals surface area contributed by atoms with E-state index in [9.17, 15) is 10.2 Å². The first-order valence-electron chi connectivity index (χ1n) is 11.9. The summed E-state index contributed by atoms with van der Waals surface area (Å²) in [6.07, 6.45) is 1.02. The second kappa shape index (κ2) is 9.80. The number of phenols is 2. The van der Waals surface area contributed by atoms with E-state index in [2.05, 4.69) is 30.9 Å². The average Bonchev–Trinajstić information content (AvgIpc) is 3.28. The highest BCUT2D eigenvalue weighted by Gasteiger charge is 2.34. The number of thioether (sulfide) groups is 1. The Hall–Kier alpha value is -2.83. The lowest BCUT2D eigenvalue weighted by atomic mass is 10.00. The fourth-order valence-corrected chi connectivity index (χ4v) is 6.03. The average molecular weight is 478 g/mol. The third kappa shape index (κ3) is 4.98. The highest BCUT2D eigenvalue weighted by molar-refractivity contribution is 7.99. The van der Waals surface area contributed by atoms with Gasteiger partial charge in [0.05, 0.1) is 10.1 Å². The van der Waals surface area contributed by atoms with E-state index < -0.39 is 0 Å². The Labute approximate surface area is 205 Å². The van der Waals surface area contributed by atoms with Crippen molar-refractivity contribution in [3.05, 3.63) is 77.9 Å². The van der Waals surface area contributed by atoms with Gasteiger partial charge in [0.1, 0.15) is 35.7 Å². The summed E-state index contributed by atoms with van der Waals surface area (Å²) in [5.41, 5.74) is 2.01. The molecule has 5 nitrogen and oxygen atoms in total. The van der Waals surface area contributed by atoms with Crippen molar-refractivity contribution in [1.29, 1.82) is 0 Å². The van der Waals surface area contributed by atoms with E-state index in [1.54, 1.807) is 42.1 Å². The highest BCUT2D eigenvalue weighted by Crippen LogP contribution is 2.54. The van der Waals surface area contributed by atoms with Crippen LogP contribution in [-0.4, -0.2) is 40.9 Å². The van der Waals surface area contributed by atoms with Crippen LogP contribution in [0.4, 0.5) is 0 Å². The lowest BCUT2D eigenvalue weighted by Crippen LogP contribution is -2.35. The summed E-state index contributed by atoms with van der Waals surface area (Å²) >= 11 is 1.64. The van der Waals surface area contributed by atoms with Gasteiger partial charge in [-0.2, -0.15) is 0 Å². The molecule has 0 aromatic heterocycles. The largest absolute Gasteiger partial charge is 0.508 e. The summed E-state index contributed by atoms with van der Waals surface area (Å²) in [6, 6.07) is 21.0. The minimum absolute atomic E-state index is 0.0784. The predicted molar refractivity (Wildman–Crippen MR) is 135 cm³/mol. The molecule has 5 rings (SSSR count). The molecule has 2 N–H and O–H groups in total. The van der Waals surface area contributed by atoms with Crippen molar-refractivity contribution in [3.8, 4) is 23.0 Å². The van der Waals surface area contributed by atoms with Crippen molar-refractivity contribution in [1.82, 2.24) is 4.90 Å². The molecule has 4 atom stereocenters. The zero-order valence-electron chi connectivity index (χ0n) is 19.6. The summed E-state index contributed by atoms with van der Waals surface area (Å²) in [7, 11) is 0. The third-order valence-electron chi connectivity index (χ3n) is 6.69. The van der Waals surface area contributed by atoms with Crippen LogP contribution >= 0.6 is 11.8 Å². The fraction of sp³-hybridized carbons (Fsp3) is 0.357. The SMILES string of the molecule is CC(COc1ccc([C@@H]2Oc3ccc(O)cc3S[C@@H]2c2cccc(O)c2)cc1)N1CC[C@@H](C)C1. The maximum absolute atomic E-state index is 10.1. The van der Waals surface area contributed by atoms with Gasteiger partial charge in [0.25, 0.3) is 0 Å². The van der Waals surface area contributed by atoms with Crippen molar-refractivity contribution in [2.24, 2.45) is 5.92 Å². The van der Waals surface area contributed by atoms with Crippen molar-refractivity contribution >= 4 is 11.8 Å². The van der Waals surface area contributed by atoms with Gasteiger partial charge in [-0.3, -0.25) is 4.90 Å². The Morgan fingerprint density at radius 2 is 1.82 bits per heavy atom. The number of nitrogens with zero attached hydrogens (tertiary/aromatic N) is 1. The summed E-state index contributed by atoms with van der Waals surface area (Å²) < 4.78 is 12.5. The normalized spacial score (nSPS) is 23.2. The molecule has 3 aromatic rings. The van der Waals surface area contributed by atoms with Crippen molar-refractivity contribution in [2.45, 2.75) is 42.6 Å². The molecule has 34 heavy (non-hydrogen) atoms. The minimum atomic E-state index is -0.247. The highest BCUT2D eigenvalue weighted by atomic mass is 32.2. The topological polar surface area (TPSA) is 62.2 Å². The van der Waals surface area contributed by atoms with Gasteiger partial charge >= 0.3 is 0 Å². The minimum Gasteiger partial charge on any atom is -0.508 e. The quantitative estimate of drug-likeness (QED) is 0.442. The molecule has 1 unspecified atom stereocenters. The molecule has 6 heteroatoms. The van der Waals surface area contributed by atoms with Gasteiger partial charge in [-0.1, -0.05) is 31.2 Å². The Morgan fingerprint density at radius 3 is 2.56 bits per heavy atom. The first-order valence-corrected chi connectivity index (χ1v) is 12.8. The maximum Gasteiger partial charge on any atom is 0.140 e. The lowest BCUT2D eigenvalue weighted by molar-refractivity contribution is 0.168. The molecule has 3 aromatic carbocycles. The number of benzene rings is 3. The summed E-state index contributed by atoms with van der Waals surface area (Å²) in [4.78, 5) is 3.39. The Morgan fingerprint density at radius 1 is 1.03 bits per heavy atom. The van der Waals surface area contributed by atoms with Gasteiger partial charge in [-0.25, -0.2) is 0 Å². The second-order valence-corrected chi connectivity index (χ2v) is 10.6. The smallest absolute Gasteiger partial charge is 0.140 e. The standard InChI is InChI=1S/C28H31NO4S/c1-18-12-13-29(16-18)19(2)17-32-24-9-6-20(7-10-24)27-28(21-4-3-5-22(30)14-21)34-26-15-23(31)8-11-25(26)33-27/h3-11,14-15,18-19,27-28,30-31H,12-13,16-17H2,1-2H3/t18-,19?,27+,28-/m1/s1. The summed E-state index contributed by atoms with van der Waals surface area (Å²) in [5.74, 6) is 2.80. The molecule has 0 amide bonds. The number of likely N-dealkylation sites (tertiary alicyclic amines) is 1. The number of fused-ring (bicyclic) bond motifs is 1. The molecule has 0 aliphatic carbocycles. The van der Waals surface area contributed by atoms with Crippen LogP contribution in [0.5, 0.6) is 23.0 Å². The molecule has 1 saturated heterocycles. The third-order valence-corrected chi connectivity index (χ3v) is 8.03. The molecule has 1 fully saturated rings. The number of hydrogen-bond acceptors (Lipinski definition) is 6. The molecule has 2 heterocycles. The van der Waals surface area contributed by atoms with Gasteiger partial charge < -0.3 is 19.7 Å². The first-order chi connectivity index (χ1) is 16.5. The molecule has 178 valence electrons. The van der Waals surface area contributed by atoms with Gasteiger partial charge in [-0.15, -0.1) is 11.8 Å². The number of hydrogen-bond donors (Lipinski definition) is 2. The van der Waals surface area contributed by atoms with E-state index in [4.69, 9.17) is 9.47 Å². The van der Waals surface area contributed by atoms with Crippen LogP contribution < -0.4 is 9.47 Å². The van der Waals surface area contributed by atoms with Gasteiger partial charge in [0.2, 0.25) is 0 Å². The number of ether oxygens (including phenoxy) is 2. The van der Waals surface area contributed by atoms with Gasteiger partial charge in [0.15, 0.2) is 0 Å². The summed E-state index contributed by atoms with van der Waals surface area (Å²) in [5, 5.41) is 19.9. The monoisotopic (exact) mass is 477 g/mol. The van der Waals surface area contributed by atoms with E-state index in [-0.39, 0.29) is 22.9 Å². The summed E-state index contributed by atoms with van der Waals surface area (Å²) in [6.45, 7) is 7.51. The van der Waals surface area contributed by atoms with Gasteiger partial charge in [-0.05, 0) is 79.4 Å². The second-order valence-electron chi connectivity index (χ2n) is 9.42. The molecule has 0 spiro atoms. The molecule has 0 radical (unpaired) electrons.